The number of pyridine rings is 1. The van der Waals surface area contributed by atoms with Crippen molar-refractivity contribution >= 4 is 23.5 Å². The Bertz CT molecular complexity index is 498. The van der Waals surface area contributed by atoms with Gasteiger partial charge in [-0.15, -0.1) is 0 Å². The van der Waals surface area contributed by atoms with E-state index in [1.807, 2.05) is 20.8 Å². The number of hydrogen-bond donors (Lipinski definition) is 1. The van der Waals surface area contributed by atoms with Gasteiger partial charge in [-0.2, -0.15) is 0 Å². The van der Waals surface area contributed by atoms with Gasteiger partial charge >= 0.3 is 6.09 Å². The maximum Gasteiger partial charge on any atom is 0.407 e. The molecule has 0 aliphatic rings. The number of carbonyl (C=O) groups is 2. The lowest BCUT2D eigenvalue weighted by Crippen LogP contribution is -2.33. The number of halogens is 1. The number of amides is 1. The molecule has 21 heavy (non-hydrogen) atoms. The van der Waals surface area contributed by atoms with Crippen LogP contribution in [-0.4, -0.2) is 29.0 Å². The van der Waals surface area contributed by atoms with E-state index < -0.39 is 11.7 Å². The number of alkyl carbamates (subject to hydrolysis) is 1. The normalized spacial score (nSPS) is 11.0. The van der Waals surface area contributed by atoms with Crippen molar-refractivity contribution in [1.82, 2.24) is 10.3 Å². The molecule has 0 radical (unpaired) electrons. The summed E-state index contributed by atoms with van der Waals surface area (Å²) in [5.74, 6) is -0.0367. The van der Waals surface area contributed by atoms with Crippen molar-refractivity contribution in [2.75, 3.05) is 6.54 Å². The van der Waals surface area contributed by atoms with Crippen LogP contribution in [-0.2, 0) is 4.74 Å². The molecule has 6 heteroatoms. The van der Waals surface area contributed by atoms with Crippen LogP contribution in [0.5, 0.6) is 0 Å². The van der Waals surface area contributed by atoms with Gasteiger partial charge in [0, 0.05) is 19.2 Å². The Labute approximate surface area is 130 Å². The van der Waals surface area contributed by atoms with E-state index in [9.17, 15) is 9.59 Å². The fourth-order valence-electron chi connectivity index (χ4n) is 1.64. The van der Waals surface area contributed by atoms with Gasteiger partial charge in [0.15, 0.2) is 5.78 Å². The zero-order valence-corrected chi connectivity index (χ0v) is 13.4. The molecule has 0 fully saturated rings. The van der Waals surface area contributed by atoms with Crippen LogP contribution in [0.2, 0.25) is 5.15 Å². The van der Waals surface area contributed by atoms with Crippen LogP contribution in [0, 0.1) is 0 Å². The first kappa shape index (κ1) is 17.4. The number of carbonyl (C=O) groups excluding carboxylic acids is 2. The van der Waals surface area contributed by atoms with E-state index >= 15 is 0 Å². The summed E-state index contributed by atoms with van der Waals surface area (Å²) in [6, 6.07) is 3.35. The predicted octanol–water partition coefficient (Wildman–Crippen LogP) is 3.61. The zero-order valence-electron chi connectivity index (χ0n) is 12.6. The SMILES string of the molecule is CC(C)(C)OC(=O)NCCCCC(=O)c1cccnc1Cl. The quantitative estimate of drug-likeness (QED) is 0.495. The van der Waals surface area contributed by atoms with Crippen LogP contribution < -0.4 is 5.32 Å². The van der Waals surface area contributed by atoms with Gasteiger partial charge in [-0.25, -0.2) is 9.78 Å². The predicted molar refractivity (Wildman–Crippen MR) is 81.7 cm³/mol. The lowest BCUT2D eigenvalue weighted by molar-refractivity contribution is 0.0527. The molecule has 116 valence electrons. The lowest BCUT2D eigenvalue weighted by atomic mass is 10.1. The van der Waals surface area contributed by atoms with Gasteiger partial charge in [-0.3, -0.25) is 4.79 Å². The van der Waals surface area contributed by atoms with Crippen LogP contribution in [0.15, 0.2) is 18.3 Å². The van der Waals surface area contributed by atoms with Gasteiger partial charge in [0.25, 0.3) is 0 Å². The number of ether oxygens (including phenoxy) is 1. The summed E-state index contributed by atoms with van der Waals surface area (Å²) in [5.41, 5.74) is -0.0591. The van der Waals surface area contributed by atoms with Crippen molar-refractivity contribution in [3.05, 3.63) is 29.0 Å². The number of rotatable bonds is 6. The van der Waals surface area contributed by atoms with E-state index in [0.717, 1.165) is 0 Å². The van der Waals surface area contributed by atoms with Crippen molar-refractivity contribution in [1.29, 1.82) is 0 Å². The largest absolute Gasteiger partial charge is 0.444 e. The third-order valence-corrected chi connectivity index (χ3v) is 2.86. The first-order chi connectivity index (χ1) is 9.79. The number of unbranched alkanes of at least 4 members (excludes halogenated alkanes) is 1. The average molecular weight is 313 g/mol. The fraction of sp³-hybridized carbons (Fsp3) is 0.533. The first-order valence-corrected chi connectivity index (χ1v) is 7.28. The highest BCUT2D eigenvalue weighted by Crippen LogP contribution is 2.15. The third kappa shape index (κ3) is 7.09. The minimum absolute atomic E-state index is 0.0367. The Morgan fingerprint density at radius 3 is 2.67 bits per heavy atom. The molecule has 1 aromatic rings. The van der Waals surface area contributed by atoms with Gasteiger partial charge in [0.05, 0.1) is 5.56 Å². The molecule has 0 saturated heterocycles. The van der Waals surface area contributed by atoms with Gasteiger partial charge in [0.1, 0.15) is 10.8 Å². The molecule has 0 atom stereocenters. The molecule has 1 N–H and O–H groups in total. The summed E-state index contributed by atoms with van der Waals surface area (Å²) in [5, 5.41) is 2.88. The summed E-state index contributed by atoms with van der Waals surface area (Å²) in [7, 11) is 0. The number of hydrogen-bond acceptors (Lipinski definition) is 4. The Hall–Kier alpha value is -1.62. The number of nitrogens with zero attached hydrogens (tertiary/aromatic N) is 1. The Morgan fingerprint density at radius 2 is 2.05 bits per heavy atom. The number of ketones is 1. The van der Waals surface area contributed by atoms with Crippen LogP contribution in [0.25, 0.3) is 0 Å². The molecule has 0 saturated carbocycles. The Balaban J connectivity index is 2.22. The number of nitrogens with one attached hydrogen (secondary N) is 1. The van der Waals surface area contributed by atoms with Crippen LogP contribution in [0.3, 0.4) is 0 Å². The maximum atomic E-state index is 11.9. The Morgan fingerprint density at radius 1 is 1.33 bits per heavy atom. The third-order valence-electron chi connectivity index (χ3n) is 2.56. The monoisotopic (exact) mass is 312 g/mol. The second kappa shape index (κ2) is 7.98. The summed E-state index contributed by atoms with van der Waals surface area (Å²) in [6.07, 6.45) is 2.85. The van der Waals surface area contributed by atoms with E-state index in [0.29, 0.717) is 31.4 Å². The molecular formula is C15H21ClN2O3. The molecule has 1 rings (SSSR count). The molecule has 0 unspecified atom stereocenters. The lowest BCUT2D eigenvalue weighted by Gasteiger charge is -2.19. The number of Topliss-reactive ketones (excluding diaryl/α,β-unsaturated/α-hetero) is 1. The molecule has 0 spiro atoms. The average Bonchev–Trinajstić information content (AvgIpc) is 2.36. The Kier molecular flexibility index (Phi) is 6.62. The van der Waals surface area contributed by atoms with Crippen molar-refractivity contribution in [2.45, 2.75) is 45.6 Å². The van der Waals surface area contributed by atoms with Gasteiger partial charge in [0.2, 0.25) is 0 Å². The molecule has 0 aliphatic heterocycles. The summed E-state index contributed by atoms with van der Waals surface area (Å²) >= 11 is 5.86. The second-order valence-corrected chi connectivity index (χ2v) is 6.01. The van der Waals surface area contributed by atoms with Crippen molar-refractivity contribution in [2.24, 2.45) is 0 Å². The highest BCUT2D eigenvalue weighted by Gasteiger charge is 2.15. The minimum Gasteiger partial charge on any atom is -0.444 e. The van der Waals surface area contributed by atoms with E-state index in [1.165, 1.54) is 0 Å². The van der Waals surface area contributed by atoms with Crippen molar-refractivity contribution in [3.63, 3.8) is 0 Å². The van der Waals surface area contributed by atoms with Crippen LogP contribution >= 0.6 is 11.6 Å². The fourth-order valence-corrected chi connectivity index (χ4v) is 1.87. The van der Waals surface area contributed by atoms with Crippen LogP contribution in [0.1, 0.15) is 50.4 Å². The summed E-state index contributed by atoms with van der Waals surface area (Å²) in [4.78, 5) is 27.2. The highest BCUT2D eigenvalue weighted by atomic mass is 35.5. The molecule has 5 nitrogen and oxygen atoms in total. The zero-order chi connectivity index (χ0) is 15.9. The highest BCUT2D eigenvalue weighted by molar-refractivity contribution is 6.32. The summed E-state index contributed by atoms with van der Waals surface area (Å²) in [6.45, 7) is 5.90. The van der Waals surface area contributed by atoms with E-state index in [2.05, 4.69) is 10.3 Å². The first-order valence-electron chi connectivity index (χ1n) is 6.90. The van der Waals surface area contributed by atoms with Gasteiger partial charge in [-0.1, -0.05) is 11.6 Å². The molecule has 0 bridgehead atoms. The smallest absolute Gasteiger partial charge is 0.407 e. The number of aromatic nitrogens is 1. The van der Waals surface area contributed by atoms with Gasteiger partial charge < -0.3 is 10.1 Å². The molecule has 1 aromatic heterocycles. The van der Waals surface area contributed by atoms with Crippen molar-refractivity contribution < 1.29 is 14.3 Å². The topological polar surface area (TPSA) is 68.3 Å². The van der Waals surface area contributed by atoms with Crippen molar-refractivity contribution in [3.8, 4) is 0 Å². The van der Waals surface area contributed by atoms with E-state index in [1.54, 1.807) is 18.3 Å². The molecule has 1 heterocycles. The minimum atomic E-state index is -0.503. The van der Waals surface area contributed by atoms with E-state index in [-0.39, 0.29) is 10.9 Å². The van der Waals surface area contributed by atoms with E-state index in [4.69, 9.17) is 16.3 Å². The van der Waals surface area contributed by atoms with Gasteiger partial charge in [-0.05, 0) is 45.7 Å². The molecule has 0 aromatic carbocycles. The second-order valence-electron chi connectivity index (χ2n) is 5.65. The summed E-state index contributed by atoms with van der Waals surface area (Å²) < 4.78 is 5.11. The molecule has 1 amide bonds. The molecular weight excluding hydrogens is 292 g/mol. The van der Waals surface area contributed by atoms with Crippen LogP contribution in [0.4, 0.5) is 4.79 Å². The molecule has 0 aliphatic carbocycles. The standard InChI is InChI=1S/C15H21ClN2O3/c1-15(2,3)21-14(20)18-9-5-4-8-12(19)11-7-6-10-17-13(11)16/h6-7,10H,4-5,8-9H2,1-3H3,(H,18,20). The maximum absolute atomic E-state index is 11.9.